The SMILES string of the molecule is COC(=O)NCCCCC(C)(C)CN(C[C@@H](O)[C@H](Cc1ccccc1)NC(=O)OC1COCOC1)S(=O)(=O)c1ccc(N)cc1. The Balaban J connectivity index is 1.80. The first-order valence-corrected chi connectivity index (χ1v) is 16.4. The summed E-state index contributed by atoms with van der Waals surface area (Å²) in [7, 11) is -2.79. The molecule has 3 rings (SSSR count). The molecule has 1 aliphatic heterocycles. The second-order valence-electron chi connectivity index (χ2n) is 11.8. The van der Waals surface area contributed by atoms with Crippen molar-refractivity contribution in [2.24, 2.45) is 5.41 Å². The number of nitrogens with one attached hydrogen (secondary N) is 2. The highest BCUT2D eigenvalue weighted by atomic mass is 32.2. The maximum absolute atomic E-state index is 14.0. The lowest BCUT2D eigenvalue weighted by Gasteiger charge is -2.35. The third-order valence-electron chi connectivity index (χ3n) is 7.36. The van der Waals surface area contributed by atoms with Crippen molar-refractivity contribution in [1.82, 2.24) is 14.9 Å². The van der Waals surface area contributed by atoms with Crippen molar-refractivity contribution in [2.75, 3.05) is 52.5 Å². The zero-order valence-electron chi connectivity index (χ0n) is 26.1. The Morgan fingerprint density at radius 3 is 2.38 bits per heavy atom. The number of alkyl carbamates (subject to hydrolysis) is 2. The van der Waals surface area contributed by atoms with Crippen LogP contribution < -0.4 is 16.4 Å². The average Bonchev–Trinajstić information content (AvgIpc) is 3.01. The third kappa shape index (κ3) is 12.1. The number of carbonyl (C=O) groups excluding carboxylic acids is 2. The van der Waals surface area contributed by atoms with Gasteiger partial charge in [0.15, 0.2) is 6.10 Å². The molecule has 2 atom stereocenters. The number of aliphatic hydroxyl groups excluding tert-OH is 1. The molecule has 1 aliphatic rings. The van der Waals surface area contributed by atoms with Gasteiger partial charge in [0, 0.05) is 25.3 Å². The molecule has 0 spiro atoms. The number of amides is 2. The molecule has 45 heavy (non-hydrogen) atoms. The van der Waals surface area contributed by atoms with Crippen LogP contribution in [0.5, 0.6) is 0 Å². The number of methoxy groups -OCH3 is 1. The van der Waals surface area contributed by atoms with Crippen LogP contribution in [0.25, 0.3) is 0 Å². The number of hydrogen-bond acceptors (Lipinski definition) is 10. The molecule has 2 aromatic carbocycles. The van der Waals surface area contributed by atoms with Crippen LogP contribution >= 0.6 is 0 Å². The Labute approximate surface area is 265 Å². The highest BCUT2D eigenvalue weighted by Gasteiger charge is 2.35. The van der Waals surface area contributed by atoms with Gasteiger partial charge in [-0.25, -0.2) is 18.0 Å². The zero-order chi connectivity index (χ0) is 32.9. The minimum absolute atomic E-state index is 0.0336. The lowest BCUT2D eigenvalue weighted by molar-refractivity contribution is -0.151. The Morgan fingerprint density at radius 2 is 1.73 bits per heavy atom. The number of carbonyl (C=O) groups is 2. The van der Waals surface area contributed by atoms with E-state index in [4.69, 9.17) is 19.9 Å². The first-order valence-electron chi connectivity index (χ1n) is 14.9. The van der Waals surface area contributed by atoms with Gasteiger partial charge in [-0.15, -0.1) is 0 Å². The zero-order valence-corrected chi connectivity index (χ0v) is 27.0. The number of nitrogen functional groups attached to an aromatic ring is 1. The summed E-state index contributed by atoms with van der Waals surface area (Å²) in [5.74, 6) is 0. The van der Waals surface area contributed by atoms with E-state index in [0.29, 0.717) is 31.5 Å². The molecule has 1 saturated heterocycles. The highest BCUT2D eigenvalue weighted by Crippen LogP contribution is 2.29. The Bertz CT molecular complexity index is 1300. The first kappa shape index (κ1) is 36.0. The fourth-order valence-corrected chi connectivity index (χ4v) is 6.59. The fourth-order valence-electron chi connectivity index (χ4n) is 4.94. The van der Waals surface area contributed by atoms with Crippen LogP contribution in [0.1, 0.15) is 38.7 Å². The number of nitrogens with two attached hydrogens (primary N) is 1. The summed E-state index contributed by atoms with van der Waals surface area (Å²) in [4.78, 5) is 24.3. The van der Waals surface area contributed by atoms with Gasteiger partial charge in [-0.2, -0.15) is 4.31 Å². The number of sulfonamides is 1. The second kappa shape index (κ2) is 17.3. The van der Waals surface area contributed by atoms with E-state index < -0.39 is 45.9 Å². The summed E-state index contributed by atoms with van der Waals surface area (Å²) in [6, 6.07) is 14.2. The number of ether oxygens (including phenoxy) is 4. The molecule has 2 amide bonds. The molecule has 250 valence electrons. The molecule has 0 saturated carbocycles. The number of aliphatic hydroxyl groups is 1. The predicted molar refractivity (Wildman–Crippen MR) is 168 cm³/mol. The number of hydrogen-bond donors (Lipinski definition) is 4. The standard InChI is InChI=1S/C31H46N4O9S/c1-31(2,15-7-8-16-33-29(37)41-3)21-35(45(39,40)26-13-11-24(32)12-14-26)18-28(36)27(17-23-9-5-4-6-10-23)34-30(38)44-25-19-42-22-43-20-25/h4-6,9-14,25,27-28,36H,7-8,15-22,32H2,1-3H3,(H,33,37)(H,34,38)/t27-,28+/m0/s1. The normalized spacial score (nSPS) is 15.7. The number of benzene rings is 2. The molecule has 0 bridgehead atoms. The Hall–Kier alpha value is -3.43. The van der Waals surface area contributed by atoms with Crippen LogP contribution in [0, 0.1) is 5.41 Å². The minimum Gasteiger partial charge on any atom is -0.453 e. The van der Waals surface area contributed by atoms with E-state index in [1.165, 1.54) is 35.7 Å². The molecule has 0 radical (unpaired) electrons. The van der Waals surface area contributed by atoms with Crippen molar-refractivity contribution in [3.63, 3.8) is 0 Å². The van der Waals surface area contributed by atoms with E-state index in [1.54, 1.807) is 0 Å². The summed E-state index contributed by atoms with van der Waals surface area (Å²) in [5, 5.41) is 16.9. The molecule has 14 heteroatoms. The van der Waals surface area contributed by atoms with Crippen molar-refractivity contribution in [3.8, 4) is 0 Å². The number of rotatable bonds is 16. The van der Waals surface area contributed by atoms with E-state index in [0.717, 1.165) is 5.56 Å². The summed E-state index contributed by atoms with van der Waals surface area (Å²) >= 11 is 0. The number of nitrogens with zero attached hydrogens (tertiary/aromatic N) is 1. The van der Waals surface area contributed by atoms with Gasteiger partial charge in [-0.05, 0) is 54.5 Å². The van der Waals surface area contributed by atoms with Gasteiger partial charge in [-0.1, -0.05) is 50.6 Å². The topological polar surface area (TPSA) is 179 Å². The number of unbranched alkanes of at least 4 members (excludes halogenated alkanes) is 1. The van der Waals surface area contributed by atoms with Gasteiger partial charge in [0.25, 0.3) is 0 Å². The maximum Gasteiger partial charge on any atom is 0.407 e. The smallest absolute Gasteiger partial charge is 0.407 e. The third-order valence-corrected chi connectivity index (χ3v) is 9.19. The molecule has 0 aliphatic carbocycles. The maximum atomic E-state index is 14.0. The van der Waals surface area contributed by atoms with Crippen molar-refractivity contribution in [1.29, 1.82) is 0 Å². The molecule has 1 fully saturated rings. The Kier molecular flexibility index (Phi) is 13.9. The number of anilines is 1. The van der Waals surface area contributed by atoms with Gasteiger partial charge in [0.05, 0.1) is 37.4 Å². The summed E-state index contributed by atoms with van der Waals surface area (Å²) in [5.41, 5.74) is 6.56. The van der Waals surface area contributed by atoms with Gasteiger partial charge in [-0.3, -0.25) is 0 Å². The highest BCUT2D eigenvalue weighted by molar-refractivity contribution is 7.89. The van der Waals surface area contributed by atoms with Crippen molar-refractivity contribution in [2.45, 2.75) is 62.7 Å². The predicted octanol–water partition coefficient (Wildman–Crippen LogP) is 2.88. The van der Waals surface area contributed by atoms with Crippen LogP contribution in [-0.4, -0.2) is 95.0 Å². The molecule has 2 aromatic rings. The average molecular weight is 651 g/mol. The van der Waals surface area contributed by atoms with E-state index in [2.05, 4.69) is 15.4 Å². The molecule has 5 N–H and O–H groups in total. The van der Waals surface area contributed by atoms with E-state index in [9.17, 15) is 23.1 Å². The van der Waals surface area contributed by atoms with Crippen molar-refractivity contribution < 1.29 is 42.1 Å². The van der Waals surface area contributed by atoms with E-state index in [-0.39, 0.29) is 44.4 Å². The molecular formula is C31H46N4O9S. The van der Waals surface area contributed by atoms with Crippen molar-refractivity contribution >= 4 is 27.9 Å². The van der Waals surface area contributed by atoms with E-state index in [1.807, 2.05) is 44.2 Å². The first-order chi connectivity index (χ1) is 21.4. The minimum atomic E-state index is -4.09. The van der Waals surface area contributed by atoms with Crippen LogP contribution in [0.3, 0.4) is 0 Å². The van der Waals surface area contributed by atoms with Crippen LogP contribution in [-0.2, 0) is 35.4 Å². The molecular weight excluding hydrogens is 604 g/mol. The van der Waals surface area contributed by atoms with Crippen LogP contribution in [0.15, 0.2) is 59.5 Å². The van der Waals surface area contributed by atoms with Crippen LogP contribution in [0.4, 0.5) is 15.3 Å². The van der Waals surface area contributed by atoms with Crippen LogP contribution in [0.2, 0.25) is 0 Å². The van der Waals surface area contributed by atoms with Gasteiger partial charge >= 0.3 is 12.2 Å². The Morgan fingerprint density at radius 1 is 1.07 bits per heavy atom. The van der Waals surface area contributed by atoms with Gasteiger partial charge < -0.3 is 40.4 Å². The summed E-state index contributed by atoms with van der Waals surface area (Å²) in [6.07, 6.45) is -0.943. The molecule has 0 aromatic heterocycles. The summed E-state index contributed by atoms with van der Waals surface area (Å²) in [6.45, 7) is 4.59. The van der Waals surface area contributed by atoms with Gasteiger partial charge in [0.2, 0.25) is 10.0 Å². The second-order valence-corrected chi connectivity index (χ2v) is 13.7. The quantitative estimate of drug-likeness (QED) is 0.156. The fraction of sp³-hybridized carbons (Fsp3) is 0.548. The van der Waals surface area contributed by atoms with E-state index >= 15 is 0 Å². The molecule has 1 heterocycles. The monoisotopic (exact) mass is 650 g/mol. The van der Waals surface area contributed by atoms with Crippen molar-refractivity contribution in [3.05, 3.63) is 60.2 Å². The lowest BCUT2D eigenvalue weighted by Crippen LogP contribution is -2.52. The molecule has 13 nitrogen and oxygen atoms in total. The largest absolute Gasteiger partial charge is 0.453 e. The van der Waals surface area contributed by atoms with Gasteiger partial charge in [0.1, 0.15) is 6.79 Å². The summed E-state index contributed by atoms with van der Waals surface area (Å²) < 4.78 is 49.6. The molecule has 0 unspecified atom stereocenters. The lowest BCUT2D eigenvalue weighted by atomic mass is 9.87.